The highest BCUT2D eigenvalue weighted by Crippen LogP contribution is 2.28. The van der Waals surface area contributed by atoms with Crippen LogP contribution >= 0.6 is 0 Å². The van der Waals surface area contributed by atoms with E-state index < -0.39 is 0 Å². The number of rotatable bonds is 7. The van der Waals surface area contributed by atoms with Gasteiger partial charge in [0, 0.05) is 44.4 Å². The molecule has 1 N–H and O–H groups in total. The van der Waals surface area contributed by atoms with E-state index in [1.165, 1.54) is 12.1 Å². The number of benzene rings is 1. The molecule has 1 aromatic heterocycles. The summed E-state index contributed by atoms with van der Waals surface area (Å²) in [6.45, 7) is 4.98. The number of methoxy groups -OCH3 is 1. The van der Waals surface area contributed by atoms with Gasteiger partial charge < -0.3 is 19.9 Å². The molecule has 0 atom stereocenters. The fourth-order valence-corrected chi connectivity index (χ4v) is 4.02. The SMILES string of the molecule is COc1cnc2c(c1)N(CCN1CCC(NCc3ccc(F)cc3)CC1)C=CC2. The van der Waals surface area contributed by atoms with E-state index in [1.807, 2.05) is 12.1 Å². The van der Waals surface area contributed by atoms with Gasteiger partial charge in [0.1, 0.15) is 11.6 Å². The number of pyridine rings is 1. The summed E-state index contributed by atoms with van der Waals surface area (Å²) in [4.78, 5) is 9.35. The molecular formula is C23H29FN4O. The van der Waals surface area contributed by atoms with Gasteiger partial charge in [-0.3, -0.25) is 4.98 Å². The molecule has 29 heavy (non-hydrogen) atoms. The number of hydrogen-bond acceptors (Lipinski definition) is 5. The van der Waals surface area contributed by atoms with Crippen molar-refractivity contribution in [3.8, 4) is 5.75 Å². The monoisotopic (exact) mass is 396 g/mol. The van der Waals surface area contributed by atoms with Crippen LogP contribution in [-0.4, -0.2) is 49.2 Å². The number of nitrogens with zero attached hydrogens (tertiary/aromatic N) is 3. The zero-order valence-corrected chi connectivity index (χ0v) is 17.0. The lowest BCUT2D eigenvalue weighted by molar-refractivity contribution is 0.201. The van der Waals surface area contributed by atoms with E-state index in [2.05, 4.69) is 38.4 Å². The van der Waals surface area contributed by atoms with Crippen LogP contribution in [0.1, 0.15) is 24.1 Å². The third-order valence-corrected chi connectivity index (χ3v) is 5.82. The highest BCUT2D eigenvalue weighted by Gasteiger charge is 2.20. The number of ether oxygens (including phenoxy) is 1. The van der Waals surface area contributed by atoms with Gasteiger partial charge in [-0.2, -0.15) is 0 Å². The van der Waals surface area contributed by atoms with Gasteiger partial charge >= 0.3 is 0 Å². The standard InChI is InChI=1S/C23H29FN4O/c1-29-21-15-23-22(26-17-21)3-2-10-28(23)14-13-27-11-8-20(9-12-27)25-16-18-4-6-19(24)7-5-18/h2,4-7,10,15,17,20,25H,3,8-9,11-14,16H2,1H3. The number of aromatic nitrogens is 1. The molecule has 2 aliphatic heterocycles. The van der Waals surface area contributed by atoms with Crippen molar-refractivity contribution in [1.29, 1.82) is 0 Å². The number of hydrogen-bond donors (Lipinski definition) is 1. The summed E-state index contributed by atoms with van der Waals surface area (Å²) in [5.41, 5.74) is 3.40. The van der Waals surface area contributed by atoms with Crippen LogP contribution in [0.4, 0.5) is 10.1 Å². The fraction of sp³-hybridized carbons (Fsp3) is 0.435. The van der Waals surface area contributed by atoms with Crippen LogP contribution in [0.3, 0.4) is 0 Å². The van der Waals surface area contributed by atoms with Gasteiger partial charge in [0.25, 0.3) is 0 Å². The summed E-state index contributed by atoms with van der Waals surface area (Å²) >= 11 is 0. The largest absolute Gasteiger partial charge is 0.495 e. The van der Waals surface area contributed by atoms with Crippen LogP contribution in [0, 0.1) is 5.82 Å². The van der Waals surface area contributed by atoms with E-state index in [9.17, 15) is 4.39 Å². The molecule has 3 heterocycles. The quantitative estimate of drug-likeness (QED) is 0.777. The summed E-state index contributed by atoms with van der Waals surface area (Å²) in [6.07, 6.45) is 9.29. The van der Waals surface area contributed by atoms with Crippen LogP contribution in [0.15, 0.2) is 48.8 Å². The van der Waals surface area contributed by atoms with Crippen molar-refractivity contribution in [1.82, 2.24) is 15.2 Å². The zero-order chi connectivity index (χ0) is 20.1. The Kier molecular flexibility index (Phi) is 6.42. The second-order valence-electron chi connectivity index (χ2n) is 7.75. The summed E-state index contributed by atoms with van der Waals surface area (Å²) in [7, 11) is 1.68. The number of nitrogens with one attached hydrogen (secondary N) is 1. The number of allylic oxidation sites excluding steroid dienone is 1. The van der Waals surface area contributed by atoms with Gasteiger partial charge in [0.15, 0.2) is 0 Å². The van der Waals surface area contributed by atoms with Crippen molar-refractivity contribution in [3.63, 3.8) is 0 Å². The Balaban J connectivity index is 1.23. The van der Waals surface area contributed by atoms with E-state index in [4.69, 9.17) is 4.74 Å². The van der Waals surface area contributed by atoms with Crippen LogP contribution in [0.25, 0.3) is 0 Å². The van der Waals surface area contributed by atoms with E-state index >= 15 is 0 Å². The Labute approximate surface area is 172 Å². The third kappa shape index (κ3) is 5.14. The summed E-state index contributed by atoms with van der Waals surface area (Å²) in [5.74, 6) is 0.625. The predicted octanol–water partition coefficient (Wildman–Crippen LogP) is 3.36. The van der Waals surface area contributed by atoms with Gasteiger partial charge in [-0.05, 0) is 43.6 Å². The maximum absolute atomic E-state index is 13.0. The molecular weight excluding hydrogens is 367 g/mol. The molecule has 6 heteroatoms. The average Bonchev–Trinajstić information content (AvgIpc) is 2.77. The lowest BCUT2D eigenvalue weighted by atomic mass is 10.0. The molecule has 4 rings (SSSR count). The van der Waals surface area contributed by atoms with Gasteiger partial charge in [-0.15, -0.1) is 0 Å². The highest BCUT2D eigenvalue weighted by atomic mass is 19.1. The van der Waals surface area contributed by atoms with Crippen molar-refractivity contribution in [3.05, 3.63) is 65.9 Å². The molecule has 0 saturated carbocycles. The van der Waals surface area contributed by atoms with Crippen molar-refractivity contribution < 1.29 is 9.13 Å². The van der Waals surface area contributed by atoms with E-state index in [0.717, 1.165) is 74.7 Å². The zero-order valence-electron chi connectivity index (χ0n) is 17.0. The lowest BCUT2D eigenvalue weighted by Crippen LogP contribution is -2.44. The minimum atomic E-state index is -0.178. The second-order valence-corrected chi connectivity index (χ2v) is 7.75. The first-order valence-electron chi connectivity index (χ1n) is 10.4. The molecule has 0 radical (unpaired) electrons. The van der Waals surface area contributed by atoms with Gasteiger partial charge in [0.2, 0.25) is 0 Å². The number of likely N-dealkylation sites (tertiary alicyclic amines) is 1. The number of anilines is 1. The first-order chi connectivity index (χ1) is 14.2. The molecule has 0 bridgehead atoms. The third-order valence-electron chi connectivity index (χ3n) is 5.82. The van der Waals surface area contributed by atoms with Crippen LogP contribution in [0.5, 0.6) is 5.75 Å². The molecule has 2 aromatic rings. The topological polar surface area (TPSA) is 40.6 Å². The van der Waals surface area contributed by atoms with E-state index in [-0.39, 0.29) is 5.82 Å². The maximum atomic E-state index is 13.0. The number of piperidine rings is 1. The van der Waals surface area contributed by atoms with Crippen LogP contribution < -0.4 is 15.0 Å². The molecule has 2 aliphatic rings. The minimum absolute atomic E-state index is 0.178. The average molecular weight is 397 g/mol. The van der Waals surface area contributed by atoms with E-state index in [0.29, 0.717) is 6.04 Å². The number of halogens is 1. The minimum Gasteiger partial charge on any atom is -0.495 e. The normalized spacial score (nSPS) is 17.4. The van der Waals surface area contributed by atoms with Crippen molar-refractivity contribution in [2.75, 3.05) is 38.2 Å². The van der Waals surface area contributed by atoms with Crippen LogP contribution in [-0.2, 0) is 13.0 Å². The first-order valence-corrected chi connectivity index (χ1v) is 10.4. The smallest absolute Gasteiger partial charge is 0.139 e. The maximum Gasteiger partial charge on any atom is 0.139 e. The molecule has 0 spiro atoms. The molecule has 0 amide bonds. The van der Waals surface area contributed by atoms with Crippen molar-refractivity contribution >= 4 is 5.69 Å². The molecule has 1 aromatic carbocycles. The van der Waals surface area contributed by atoms with Crippen LogP contribution in [0.2, 0.25) is 0 Å². The Morgan fingerprint density at radius 3 is 2.72 bits per heavy atom. The molecule has 0 unspecified atom stereocenters. The van der Waals surface area contributed by atoms with Gasteiger partial charge in [-0.1, -0.05) is 18.2 Å². The molecule has 1 fully saturated rings. The van der Waals surface area contributed by atoms with Crippen molar-refractivity contribution in [2.45, 2.75) is 31.8 Å². The summed E-state index contributed by atoms with van der Waals surface area (Å²) in [5, 5.41) is 3.62. The molecule has 1 saturated heterocycles. The van der Waals surface area contributed by atoms with Crippen molar-refractivity contribution in [2.24, 2.45) is 0 Å². The summed E-state index contributed by atoms with van der Waals surface area (Å²) in [6, 6.07) is 9.37. The van der Waals surface area contributed by atoms with Gasteiger partial charge in [0.05, 0.1) is 24.7 Å². The Bertz CT molecular complexity index is 831. The molecule has 0 aliphatic carbocycles. The van der Waals surface area contributed by atoms with Gasteiger partial charge in [-0.25, -0.2) is 4.39 Å². The molecule has 154 valence electrons. The number of fused-ring (bicyclic) bond motifs is 1. The lowest BCUT2D eigenvalue weighted by Gasteiger charge is -2.34. The highest BCUT2D eigenvalue weighted by molar-refractivity contribution is 5.58. The second kappa shape index (κ2) is 9.37. The molecule has 5 nitrogen and oxygen atoms in total. The fourth-order valence-electron chi connectivity index (χ4n) is 4.02. The Morgan fingerprint density at radius 1 is 1.17 bits per heavy atom. The Hall–Kier alpha value is -2.44. The first kappa shape index (κ1) is 19.9. The van der Waals surface area contributed by atoms with E-state index in [1.54, 1.807) is 13.3 Å². The predicted molar refractivity (Wildman–Crippen MR) is 114 cm³/mol. The Morgan fingerprint density at radius 2 is 1.97 bits per heavy atom. The summed E-state index contributed by atoms with van der Waals surface area (Å²) < 4.78 is 18.4.